The third-order valence-electron chi connectivity index (χ3n) is 14.6. The Morgan fingerprint density at radius 1 is 0.961 bits per heavy atom. The predicted octanol–water partition coefficient (Wildman–Crippen LogP) is 8.85. The van der Waals surface area contributed by atoms with Gasteiger partial charge in [0.1, 0.15) is 11.7 Å². The summed E-state index contributed by atoms with van der Waals surface area (Å²) in [7, 11) is 0. The molecule has 0 bridgehead atoms. The molecular formula is C43H65N3O5. The van der Waals surface area contributed by atoms with Gasteiger partial charge in [-0.05, 0) is 125 Å². The first-order valence-corrected chi connectivity index (χ1v) is 19.8. The summed E-state index contributed by atoms with van der Waals surface area (Å²) in [6.07, 6.45) is 13.0. The Bertz CT molecular complexity index is 1520. The van der Waals surface area contributed by atoms with Gasteiger partial charge >= 0.3 is 6.09 Å². The van der Waals surface area contributed by atoms with E-state index in [4.69, 9.17) is 4.74 Å². The lowest BCUT2D eigenvalue weighted by Gasteiger charge is -2.67. The molecular weight excluding hydrogens is 638 g/mol. The average Bonchev–Trinajstić information content (AvgIpc) is 3.05. The fourth-order valence-electron chi connectivity index (χ4n) is 11.0. The summed E-state index contributed by atoms with van der Waals surface area (Å²) in [6.45, 7) is 23.0. The van der Waals surface area contributed by atoms with Gasteiger partial charge in [-0.2, -0.15) is 5.26 Å². The van der Waals surface area contributed by atoms with Crippen LogP contribution >= 0.6 is 0 Å². The van der Waals surface area contributed by atoms with Crippen LogP contribution in [0.2, 0.25) is 0 Å². The van der Waals surface area contributed by atoms with Gasteiger partial charge in [-0.15, -0.1) is 0 Å². The highest BCUT2D eigenvalue weighted by atomic mass is 16.6. The molecule has 5 aliphatic rings. The molecule has 8 heteroatoms. The normalized spacial score (nSPS) is 34.0. The Hall–Kier alpha value is -2.95. The molecule has 4 fully saturated rings. The van der Waals surface area contributed by atoms with E-state index >= 15 is 0 Å². The molecule has 4 aliphatic carbocycles. The number of rotatable bonds is 7. The van der Waals surface area contributed by atoms with Crippen molar-refractivity contribution in [3.05, 3.63) is 23.3 Å². The van der Waals surface area contributed by atoms with Gasteiger partial charge in [0.15, 0.2) is 11.6 Å². The average molecular weight is 704 g/mol. The summed E-state index contributed by atoms with van der Waals surface area (Å²) in [4.78, 5) is 58.2. The van der Waals surface area contributed by atoms with Crippen molar-refractivity contribution in [1.29, 1.82) is 5.26 Å². The Balaban J connectivity index is 1.34. The number of nitrogens with zero attached hydrogens (tertiary/aromatic N) is 3. The predicted molar refractivity (Wildman–Crippen MR) is 199 cm³/mol. The maximum Gasteiger partial charge on any atom is 0.410 e. The molecule has 6 atom stereocenters. The number of carbonyl (C=O) groups is 4. The van der Waals surface area contributed by atoms with Crippen LogP contribution in [0.5, 0.6) is 0 Å². The smallest absolute Gasteiger partial charge is 0.410 e. The van der Waals surface area contributed by atoms with Crippen LogP contribution in [0, 0.1) is 56.2 Å². The van der Waals surface area contributed by atoms with Crippen LogP contribution in [-0.2, 0) is 19.1 Å². The van der Waals surface area contributed by atoms with Crippen LogP contribution in [-0.4, -0.2) is 65.1 Å². The first-order valence-electron chi connectivity index (χ1n) is 19.8. The van der Waals surface area contributed by atoms with Gasteiger partial charge in [-0.25, -0.2) is 4.79 Å². The number of carbonyl (C=O) groups excluding carboxylic acids is 4. The highest BCUT2D eigenvalue weighted by Gasteiger charge is 2.66. The van der Waals surface area contributed by atoms with Crippen LogP contribution in [0.1, 0.15) is 140 Å². The maximum atomic E-state index is 14.6. The lowest BCUT2D eigenvalue weighted by Crippen LogP contribution is -2.62. The topological polar surface area (TPSA) is 108 Å². The molecule has 0 aromatic carbocycles. The maximum absolute atomic E-state index is 14.6. The summed E-state index contributed by atoms with van der Waals surface area (Å²) >= 11 is 0. The molecule has 282 valence electrons. The van der Waals surface area contributed by atoms with Gasteiger partial charge in [-0.1, -0.05) is 60.1 Å². The number of fused-ring (bicyclic) bond motifs is 5. The molecule has 51 heavy (non-hydrogen) atoms. The van der Waals surface area contributed by atoms with Gasteiger partial charge in [0.05, 0.1) is 5.57 Å². The largest absolute Gasteiger partial charge is 0.444 e. The highest BCUT2D eigenvalue weighted by Crippen LogP contribution is 2.72. The van der Waals surface area contributed by atoms with Gasteiger partial charge in [0.2, 0.25) is 5.91 Å². The number of piperazine rings is 1. The van der Waals surface area contributed by atoms with Gasteiger partial charge in [-0.3, -0.25) is 14.4 Å². The number of Topliss-reactive ketones (excluding diaryl/α,β-unsaturated/α-hetero) is 1. The fourth-order valence-corrected chi connectivity index (χ4v) is 11.0. The SMILES string of the molecule is CC/C=C(/C#N)C(=O)C(C)(C)[C@@H]1CC[C@]2(C)C(=CC(=O)C3C4CC(C)(C)CC[C@]4(CCC(=O)N4CCN(C(=O)OC(C)(C)C)CC4)CC[C@]32C)C1. The van der Waals surface area contributed by atoms with Crippen molar-refractivity contribution in [3.8, 4) is 6.07 Å². The number of amides is 2. The zero-order chi connectivity index (χ0) is 37.8. The number of ketones is 2. The highest BCUT2D eigenvalue weighted by molar-refractivity contribution is 6.03. The van der Waals surface area contributed by atoms with Crippen molar-refractivity contribution in [1.82, 2.24) is 9.80 Å². The summed E-state index contributed by atoms with van der Waals surface area (Å²) < 4.78 is 5.55. The molecule has 3 saturated carbocycles. The van der Waals surface area contributed by atoms with Crippen LogP contribution < -0.4 is 0 Å². The van der Waals surface area contributed by atoms with Crippen molar-refractivity contribution in [2.24, 2.45) is 44.8 Å². The molecule has 5 rings (SSSR count). The van der Waals surface area contributed by atoms with E-state index in [2.05, 4.69) is 33.8 Å². The number of allylic oxidation sites excluding steroid dienone is 4. The van der Waals surface area contributed by atoms with Crippen molar-refractivity contribution < 1.29 is 23.9 Å². The number of hydrogen-bond acceptors (Lipinski definition) is 6. The molecule has 1 aliphatic heterocycles. The second kappa shape index (κ2) is 13.8. The minimum atomic E-state index is -0.691. The van der Waals surface area contributed by atoms with Crippen LogP contribution in [0.3, 0.4) is 0 Å². The summed E-state index contributed by atoms with van der Waals surface area (Å²) in [5.74, 6) is 0.508. The molecule has 2 amide bonds. The minimum absolute atomic E-state index is 0.0457. The fraction of sp³-hybridized carbons (Fsp3) is 0.791. The summed E-state index contributed by atoms with van der Waals surface area (Å²) in [5.41, 5.74) is -0.0467. The molecule has 1 saturated heterocycles. The molecule has 8 nitrogen and oxygen atoms in total. The van der Waals surface area contributed by atoms with Crippen molar-refractivity contribution in [2.75, 3.05) is 26.2 Å². The van der Waals surface area contributed by atoms with E-state index in [9.17, 15) is 24.4 Å². The van der Waals surface area contributed by atoms with E-state index in [1.165, 1.54) is 5.57 Å². The molecule has 0 aromatic rings. The van der Waals surface area contributed by atoms with Gasteiger partial charge in [0, 0.05) is 43.9 Å². The summed E-state index contributed by atoms with van der Waals surface area (Å²) in [6, 6.07) is 2.15. The minimum Gasteiger partial charge on any atom is -0.444 e. The van der Waals surface area contributed by atoms with E-state index in [-0.39, 0.29) is 68.6 Å². The first-order chi connectivity index (χ1) is 23.6. The van der Waals surface area contributed by atoms with E-state index < -0.39 is 11.0 Å². The van der Waals surface area contributed by atoms with Crippen LogP contribution in [0.25, 0.3) is 0 Å². The molecule has 1 heterocycles. The zero-order valence-corrected chi connectivity index (χ0v) is 33.4. The Morgan fingerprint density at radius 3 is 2.20 bits per heavy atom. The van der Waals surface area contributed by atoms with Crippen molar-refractivity contribution >= 4 is 23.6 Å². The van der Waals surface area contributed by atoms with Crippen LogP contribution in [0.15, 0.2) is 23.3 Å². The second-order valence-corrected chi connectivity index (χ2v) is 19.6. The third kappa shape index (κ3) is 7.21. The number of nitriles is 1. The standard InChI is InChI=1S/C43H65N3O5/c1-11-12-29(28-44)36(49)40(7,8)30-13-15-41(9)31(25-30)26-33(47)35-32-27-39(5,6)17-19-43(32,20-18-42(35,41)10)16-14-34(48)45-21-23-46(24-22-45)37(50)51-38(2,3)4/h12,26,30,32,35H,11,13-25,27H2,1-10H3/b29-12-/t30-,32?,35?,41-,42-,43-/m1/s1. The zero-order valence-electron chi connectivity index (χ0n) is 33.4. The molecule has 0 N–H and O–H groups in total. The third-order valence-corrected chi connectivity index (χ3v) is 14.6. The molecule has 0 aromatic heterocycles. The molecule has 0 radical (unpaired) electrons. The molecule has 0 spiro atoms. The van der Waals surface area contributed by atoms with Gasteiger partial charge < -0.3 is 14.5 Å². The monoisotopic (exact) mass is 703 g/mol. The first kappa shape index (κ1) is 39.3. The Kier molecular flexibility index (Phi) is 10.6. The van der Waals surface area contributed by atoms with E-state index in [1.807, 2.05) is 52.5 Å². The number of hydrogen-bond donors (Lipinski definition) is 0. The lowest BCUT2D eigenvalue weighted by atomic mass is 9.37. The number of ether oxygens (including phenoxy) is 1. The lowest BCUT2D eigenvalue weighted by molar-refractivity contribution is -0.168. The second-order valence-electron chi connectivity index (χ2n) is 19.6. The van der Waals surface area contributed by atoms with Gasteiger partial charge in [0.25, 0.3) is 0 Å². The van der Waals surface area contributed by atoms with E-state index in [0.29, 0.717) is 45.4 Å². The van der Waals surface area contributed by atoms with Crippen LogP contribution in [0.4, 0.5) is 4.79 Å². The van der Waals surface area contributed by atoms with Crippen molar-refractivity contribution in [3.63, 3.8) is 0 Å². The van der Waals surface area contributed by atoms with E-state index in [0.717, 1.165) is 51.4 Å². The van der Waals surface area contributed by atoms with Crippen molar-refractivity contribution in [2.45, 2.75) is 145 Å². The quantitative estimate of drug-likeness (QED) is 0.194. The molecule has 2 unspecified atom stereocenters. The van der Waals surface area contributed by atoms with E-state index in [1.54, 1.807) is 11.0 Å². The summed E-state index contributed by atoms with van der Waals surface area (Å²) in [5, 5.41) is 9.73. The Labute approximate surface area is 307 Å². The Morgan fingerprint density at radius 2 is 1.59 bits per heavy atom.